The molecule has 0 spiro atoms. The van der Waals surface area contributed by atoms with Crippen LogP contribution >= 0.6 is 0 Å². The highest BCUT2D eigenvalue weighted by Crippen LogP contribution is 2.39. The molecule has 2 amide bonds. The Bertz CT molecular complexity index is 1420. The summed E-state index contributed by atoms with van der Waals surface area (Å²) in [5.74, 6) is -0.356. The summed E-state index contributed by atoms with van der Waals surface area (Å²) < 4.78 is 0. The third kappa shape index (κ3) is 4.74. The monoisotopic (exact) mass is 469 g/mol. The van der Waals surface area contributed by atoms with Crippen LogP contribution in [0.2, 0.25) is 0 Å². The van der Waals surface area contributed by atoms with Crippen molar-refractivity contribution in [1.82, 2.24) is 15.5 Å². The van der Waals surface area contributed by atoms with E-state index < -0.39 is 4.92 Å². The molecule has 0 unspecified atom stereocenters. The SMILES string of the molecule is O=C(Cc1cccc2ccccc12)Nc1cn[nH]c1C1CC(NC(=O)c2cccc([N+](=O)[O-])c2)C1. The van der Waals surface area contributed by atoms with Crippen LogP contribution in [0.25, 0.3) is 10.8 Å². The maximum atomic E-state index is 12.8. The number of aromatic amines is 1. The second-order valence-electron chi connectivity index (χ2n) is 8.71. The largest absolute Gasteiger partial charge is 0.349 e. The molecule has 0 atom stereocenters. The van der Waals surface area contributed by atoms with Crippen molar-refractivity contribution in [3.05, 3.63) is 99.9 Å². The minimum Gasteiger partial charge on any atom is -0.349 e. The first-order chi connectivity index (χ1) is 17.0. The first-order valence-electron chi connectivity index (χ1n) is 11.3. The van der Waals surface area contributed by atoms with E-state index in [1.165, 1.54) is 18.2 Å². The van der Waals surface area contributed by atoms with Gasteiger partial charge in [0.1, 0.15) is 0 Å². The van der Waals surface area contributed by atoms with Crippen LogP contribution in [0.15, 0.2) is 72.9 Å². The van der Waals surface area contributed by atoms with Crippen LogP contribution in [0.3, 0.4) is 0 Å². The van der Waals surface area contributed by atoms with Gasteiger partial charge in [-0.2, -0.15) is 5.10 Å². The number of non-ortho nitro benzene ring substituents is 1. The van der Waals surface area contributed by atoms with Crippen molar-refractivity contribution in [2.45, 2.75) is 31.2 Å². The van der Waals surface area contributed by atoms with E-state index >= 15 is 0 Å². The summed E-state index contributed by atoms with van der Waals surface area (Å²) in [4.78, 5) is 35.7. The Hall–Kier alpha value is -4.53. The molecule has 0 radical (unpaired) electrons. The van der Waals surface area contributed by atoms with E-state index in [4.69, 9.17) is 0 Å². The molecule has 0 saturated heterocycles. The van der Waals surface area contributed by atoms with Crippen LogP contribution in [0.5, 0.6) is 0 Å². The van der Waals surface area contributed by atoms with Gasteiger partial charge in [0.05, 0.1) is 28.9 Å². The number of aromatic nitrogens is 2. The first kappa shape index (κ1) is 22.3. The molecular weight excluding hydrogens is 446 g/mol. The zero-order chi connectivity index (χ0) is 24.4. The van der Waals surface area contributed by atoms with Crippen molar-refractivity contribution >= 4 is 34.0 Å². The molecule has 9 heteroatoms. The number of rotatable bonds is 7. The molecule has 1 heterocycles. The molecule has 3 aromatic carbocycles. The molecule has 3 N–H and O–H groups in total. The molecule has 0 bridgehead atoms. The zero-order valence-electron chi connectivity index (χ0n) is 18.7. The molecule has 0 aliphatic heterocycles. The lowest BCUT2D eigenvalue weighted by Crippen LogP contribution is -2.43. The van der Waals surface area contributed by atoms with Gasteiger partial charge in [-0.3, -0.25) is 24.8 Å². The highest BCUT2D eigenvalue weighted by Gasteiger charge is 2.34. The fraction of sp³-hybridized carbons (Fsp3) is 0.192. The van der Waals surface area contributed by atoms with E-state index in [9.17, 15) is 19.7 Å². The molecule has 35 heavy (non-hydrogen) atoms. The molecule has 4 aromatic rings. The molecule has 1 saturated carbocycles. The molecule has 176 valence electrons. The van der Waals surface area contributed by atoms with Gasteiger partial charge in [0, 0.05) is 29.7 Å². The molecule has 1 fully saturated rings. The van der Waals surface area contributed by atoms with E-state index in [0.717, 1.165) is 22.0 Å². The van der Waals surface area contributed by atoms with Crippen LogP contribution in [-0.4, -0.2) is 33.0 Å². The van der Waals surface area contributed by atoms with Gasteiger partial charge in [0.15, 0.2) is 0 Å². The van der Waals surface area contributed by atoms with E-state index in [1.54, 1.807) is 12.3 Å². The summed E-state index contributed by atoms with van der Waals surface area (Å²) in [6.07, 6.45) is 3.20. The summed E-state index contributed by atoms with van der Waals surface area (Å²) in [5, 5.41) is 26.1. The Kier molecular flexibility index (Phi) is 5.97. The first-order valence-corrected chi connectivity index (χ1v) is 11.3. The zero-order valence-corrected chi connectivity index (χ0v) is 18.7. The van der Waals surface area contributed by atoms with Crippen LogP contribution < -0.4 is 10.6 Å². The summed E-state index contributed by atoms with van der Waals surface area (Å²) in [5.41, 5.74) is 2.56. The number of hydrogen-bond donors (Lipinski definition) is 3. The predicted octanol–water partition coefficient (Wildman–Crippen LogP) is 4.33. The molecule has 1 aliphatic rings. The third-order valence-electron chi connectivity index (χ3n) is 6.37. The lowest BCUT2D eigenvalue weighted by Gasteiger charge is -2.35. The molecule has 1 aliphatic carbocycles. The predicted molar refractivity (Wildman–Crippen MR) is 131 cm³/mol. The summed E-state index contributed by atoms with van der Waals surface area (Å²) >= 11 is 0. The number of nitrogens with one attached hydrogen (secondary N) is 3. The van der Waals surface area contributed by atoms with Crippen LogP contribution in [-0.2, 0) is 11.2 Å². The minimum absolute atomic E-state index is 0.0608. The number of carbonyl (C=O) groups excluding carboxylic acids is 2. The number of nitrogens with zero attached hydrogens (tertiary/aromatic N) is 2. The number of benzene rings is 3. The Labute approximate surface area is 200 Å². The van der Waals surface area contributed by atoms with Gasteiger partial charge in [0.25, 0.3) is 11.6 Å². The topological polar surface area (TPSA) is 130 Å². The van der Waals surface area contributed by atoms with Crippen molar-refractivity contribution in [3.8, 4) is 0 Å². The Balaban J connectivity index is 1.18. The van der Waals surface area contributed by atoms with E-state index in [1.807, 2.05) is 42.5 Å². The Morgan fingerprint density at radius 3 is 2.66 bits per heavy atom. The van der Waals surface area contributed by atoms with Crippen molar-refractivity contribution in [1.29, 1.82) is 0 Å². The number of carbonyl (C=O) groups is 2. The smallest absolute Gasteiger partial charge is 0.270 e. The van der Waals surface area contributed by atoms with Crippen molar-refractivity contribution in [2.24, 2.45) is 0 Å². The van der Waals surface area contributed by atoms with Gasteiger partial charge < -0.3 is 10.6 Å². The summed E-state index contributed by atoms with van der Waals surface area (Å²) in [6.45, 7) is 0. The standard InChI is InChI=1S/C26H23N5O4/c32-24(14-17-7-3-6-16-5-1-2-10-22(16)17)29-23-15-27-30-25(23)19-11-20(12-19)28-26(33)18-8-4-9-21(13-18)31(34)35/h1-10,13,15,19-20H,11-12,14H2,(H,27,30)(H,28,33)(H,29,32). The van der Waals surface area contributed by atoms with Crippen molar-refractivity contribution in [2.75, 3.05) is 5.32 Å². The van der Waals surface area contributed by atoms with Gasteiger partial charge in [-0.05, 0) is 35.2 Å². The van der Waals surface area contributed by atoms with Crippen LogP contribution in [0.1, 0.15) is 40.4 Å². The number of anilines is 1. The second-order valence-corrected chi connectivity index (χ2v) is 8.71. The average molecular weight is 470 g/mol. The molecule has 1 aromatic heterocycles. The second kappa shape index (κ2) is 9.38. The van der Waals surface area contributed by atoms with Crippen LogP contribution in [0.4, 0.5) is 11.4 Å². The van der Waals surface area contributed by atoms with E-state index in [-0.39, 0.29) is 41.4 Å². The maximum absolute atomic E-state index is 12.8. The lowest BCUT2D eigenvalue weighted by molar-refractivity contribution is -0.384. The average Bonchev–Trinajstić information content (AvgIpc) is 3.28. The van der Waals surface area contributed by atoms with Gasteiger partial charge in [-0.25, -0.2) is 0 Å². The highest BCUT2D eigenvalue weighted by molar-refractivity contribution is 5.97. The molecule has 5 rings (SSSR count). The maximum Gasteiger partial charge on any atom is 0.270 e. The third-order valence-corrected chi connectivity index (χ3v) is 6.37. The molecule has 9 nitrogen and oxygen atoms in total. The van der Waals surface area contributed by atoms with Crippen molar-refractivity contribution < 1.29 is 14.5 Å². The van der Waals surface area contributed by atoms with Gasteiger partial charge in [-0.1, -0.05) is 48.5 Å². The number of hydrogen-bond acceptors (Lipinski definition) is 5. The Morgan fingerprint density at radius 2 is 1.83 bits per heavy atom. The number of nitro benzene ring substituents is 1. The normalized spacial score (nSPS) is 16.9. The number of fused-ring (bicyclic) bond motifs is 1. The fourth-order valence-electron chi connectivity index (χ4n) is 4.52. The quantitative estimate of drug-likeness (QED) is 0.274. The Morgan fingerprint density at radius 1 is 1.06 bits per heavy atom. The summed E-state index contributed by atoms with van der Waals surface area (Å²) in [6, 6.07) is 19.5. The van der Waals surface area contributed by atoms with Gasteiger partial charge in [0.2, 0.25) is 5.91 Å². The van der Waals surface area contributed by atoms with Gasteiger partial charge in [-0.15, -0.1) is 0 Å². The highest BCUT2D eigenvalue weighted by atomic mass is 16.6. The van der Waals surface area contributed by atoms with E-state index in [2.05, 4.69) is 20.8 Å². The molecular formula is C26H23N5O4. The number of H-pyrrole nitrogens is 1. The van der Waals surface area contributed by atoms with Crippen LogP contribution in [0, 0.1) is 10.1 Å². The van der Waals surface area contributed by atoms with Gasteiger partial charge >= 0.3 is 0 Å². The minimum atomic E-state index is -0.523. The van der Waals surface area contributed by atoms with Crippen molar-refractivity contribution in [3.63, 3.8) is 0 Å². The number of amides is 2. The summed E-state index contributed by atoms with van der Waals surface area (Å²) in [7, 11) is 0. The number of nitro groups is 1. The van der Waals surface area contributed by atoms with E-state index in [0.29, 0.717) is 18.5 Å². The fourth-order valence-corrected chi connectivity index (χ4v) is 4.52. The lowest BCUT2D eigenvalue weighted by atomic mass is 9.77.